The molecule has 1 aromatic carbocycles. The highest BCUT2D eigenvalue weighted by atomic mass is 35.5. The van der Waals surface area contributed by atoms with E-state index in [1.807, 2.05) is 35.7 Å². The summed E-state index contributed by atoms with van der Waals surface area (Å²) in [5.74, 6) is 2.50. The van der Waals surface area contributed by atoms with Crippen LogP contribution in [0.5, 0.6) is 0 Å². The van der Waals surface area contributed by atoms with Crippen LogP contribution >= 0.6 is 35.9 Å². The normalized spacial score (nSPS) is 15.1. The van der Waals surface area contributed by atoms with Crippen LogP contribution in [0.1, 0.15) is 40.3 Å². The molecule has 0 aromatic heterocycles. The molecule has 0 atom stereocenters. The standard InChI is InChI=1S/C16H24N2OS2.ClH/c1-2-8-17-9-10-18-15(19)13-4-6-14(7-5-13)16-20-11-3-12-21-16;/h4-7,16-17H,2-3,8-12H2,1H3,(H,18,19);1H. The predicted molar refractivity (Wildman–Crippen MR) is 101 cm³/mol. The summed E-state index contributed by atoms with van der Waals surface area (Å²) in [5.41, 5.74) is 2.07. The third-order valence-corrected chi connectivity index (χ3v) is 6.30. The van der Waals surface area contributed by atoms with E-state index in [1.165, 1.54) is 23.5 Å². The molecular weight excluding hydrogens is 336 g/mol. The van der Waals surface area contributed by atoms with Gasteiger partial charge in [0.15, 0.2) is 0 Å². The van der Waals surface area contributed by atoms with E-state index in [1.54, 1.807) is 0 Å². The Hall–Kier alpha value is -0.360. The van der Waals surface area contributed by atoms with E-state index in [0.717, 1.165) is 25.1 Å². The van der Waals surface area contributed by atoms with Crippen LogP contribution < -0.4 is 10.6 Å². The van der Waals surface area contributed by atoms with E-state index >= 15 is 0 Å². The molecule has 1 amide bonds. The Morgan fingerprint density at radius 2 is 1.82 bits per heavy atom. The van der Waals surface area contributed by atoms with Gasteiger partial charge in [0.2, 0.25) is 0 Å². The molecule has 6 heteroatoms. The lowest BCUT2D eigenvalue weighted by atomic mass is 10.1. The van der Waals surface area contributed by atoms with Gasteiger partial charge in [0, 0.05) is 18.7 Å². The highest BCUT2D eigenvalue weighted by Crippen LogP contribution is 2.43. The van der Waals surface area contributed by atoms with E-state index in [9.17, 15) is 4.79 Å². The minimum absolute atomic E-state index is 0. The van der Waals surface area contributed by atoms with E-state index < -0.39 is 0 Å². The van der Waals surface area contributed by atoms with Crippen molar-refractivity contribution in [2.75, 3.05) is 31.1 Å². The molecule has 1 aliphatic rings. The molecule has 0 spiro atoms. The Balaban J connectivity index is 0.00000242. The van der Waals surface area contributed by atoms with Crippen molar-refractivity contribution in [3.63, 3.8) is 0 Å². The number of thioether (sulfide) groups is 2. The number of rotatable bonds is 7. The zero-order valence-electron chi connectivity index (χ0n) is 13.0. The van der Waals surface area contributed by atoms with Crippen molar-refractivity contribution >= 4 is 41.8 Å². The first-order chi connectivity index (χ1) is 10.3. The van der Waals surface area contributed by atoms with Gasteiger partial charge in [0.05, 0.1) is 4.58 Å². The molecule has 0 unspecified atom stereocenters. The summed E-state index contributed by atoms with van der Waals surface area (Å²) >= 11 is 4.01. The molecule has 0 bridgehead atoms. The molecule has 2 N–H and O–H groups in total. The second kappa shape index (κ2) is 11.2. The van der Waals surface area contributed by atoms with Gasteiger partial charge in [-0.15, -0.1) is 35.9 Å². The number of hydrogen-bond donors (Lipinski definition) is 2. The summed E-state index contributed by atoms with van der Waals surface area (Å²) in [6, 6.07) is 8.08. The van der Waals surface area contributed by atoms with Crippen LogP contribution in [0.4, 0.5) is 0 Å². The maximum atomic E-state index is 12.0. The quantitative estimate of drug-likeness (QED) is 0.727. The molecular formula is C16H25ClN2OS2. The lowest BCUT2D eigenvalue weighted by Crippen LogP contribution is -2.32. The SMILES string of the molecule is CCCNCCNC(=O)c1ccc(C2SCCCS2)cc1.Cl. The molecule has 0 aliphatic carbocycles. The van der Waals surface area contributed by atoms with Gasteiger partial charge in [-0.1, -0.05) is 19.1 Å². The lowest BCUT2D eigenvalue weighted by molar-refractivity contribution is 0.0954. The minimum atomic E-state index is 0. The number of carbonyl (C=O) groups is 1. The van der Waals surface area contributed by atoms with E-state index in [2.05, 4.69) is 29.7 Å². The van der Waals surface area contributed by atoms with Crippen LogP contribution in [-0.4, -0.2) is 37.0 Å². The van der Waals surface area contributed by atoms with Gasteiger partial charge in [0.1, 0.15) is 0 Å². The highest BCUT2D eigenvalue weighted by Gasteiger charge is 2.16. The lowest BCUT2D eigenvalue weighted by Gasteiger charge is -2.21. The molecule has 1 aromatic rings. The zero-order chi connectivity index (χ0) is 14.9. The monoisotopic (exact) mass is 360 g/mol. The smallest absolute Gasteiger partial charge is 0.251 e. The van der Waals surface area contributed by atoms with Crippen molar-refractivity contribution < 1.29 is 4.79 Å². The fraction of sp³-hybridized carbons (Fsp3) is 0.562. The van der Waals surface area contributed by atoms with Crippen LogP contribution in [0.2, 0.25) is 0 Å². The van der Waals surface area contributed by atoms with E-state index in [0.29, 0.717) is 11.1 Å². The van der Waals surface area contributed by atoms with Crippen LogP contribution in [0, 0.1) is 0 Å². The second-order valence-electron chi connectivity index (χ2n) is 5.05. The summed E-state index contributed by atoms with van der Waals surface area (Å²) in [6.07, 6.45) is 2.42. The number of benzene rings is 1. The fourth-order valence-electron chi connectivity index (χ4n) is 2.14. The molecule has 124 valence electrons. The first-order valence-electron chi connectivity index (χ1n) is 7.63. The Kier molecular flexibility index (Phi) is 10.0. The van der Waals surface area contributed by atoms with Crippen molar-refractivity contribution in [2.45, 2.75) is 24.3 Å². The average molecular weight is 361 g/mol. The van der Waals surface area contributed by atoms with E-state index in [4.69, 9.17) is 0 Å². The largest absolute Gasteiger partial charge is 0.351 e. The topological polar surface area (TPSA) is 41.1 Å². The molecule has 3 nitrogen and oxygen atoms in total. The Bertz CT molecular complexity index is 436. The van der Waals surface area contributed by atoms with Gasteiger partial charge in [-0.25, -0.2) is 0 Å². The molecule has 1 aliphatic heterocycles. The van der Waals surface area contributed by atoms with Crippen LogP contribution in [0.3, 0.4) is 0 Å². The van der Waals surface area contributed by atoms with Gasteiger partial charge in [-0.05, 0) is 48.6 Å². The second-order valence-corrected chi connectivity index (χ2v) is 7.78. The Morgan fingerprint density at radius 1 is 1.14 bits per heavy atom. The first kappa shape index (κ1) is 19.7. The first-order valence-corrected chi connectivity index (χ1v) is 9.73. The molecule has 1 heterocycles. The third kappa shape index (κ3) is 6.41. The van der Waals surface area contributed by atoms with Crippen LogP contribution in [-0.2, 0) is 0 Å². The predicted octanol–water partition coefficient (Wildman–Crippen LogP) is 3.71. The Morgan fingerprint density at radius 3 is 2.45 bits per heavy atom. The number of carbonyl (C=O) groups excluding carboxylic acids is 1. The van der Waals surface area contributed by atoms with Gasteiger partial charge < -0.3 is 10.6 Å². The van der Waals surface area contributed by atoms with Crippen molar-refractivity contribution in [1.29, 1.82) is 0 Å². The fourth-order valence-corrected chi connectivity index (χ4v) is 5.03. The van der Waals surface area contributed by atoms with Gasteiger partial charge in [0.25, 0.3) is 5.91 Å². The molecule has 2 rings (SSSR count). The summed E-state index contributed by atoms with van der Waals surface area (Å²) in [7, 11) is 0. The summed E-state index contributed by atoms with van der Waals surface area (Å²) in [5, 5.41) is 6.22. The molecule has 1 fully saturated rings. The molecule has 0 saturated carbocycles. The van der Waals surface area contributed by atoms with E-state index in [-0.39, 0.29) is 18.3 Å². The Labute approximate surface area is 148 Å². The summed E-state index contributed by atoms with van der Waals surface area (Å²) in [6.45, 7) is 4.64. The minimum Gasteiger partial charge on any atom is -0.351 e. The maximum Gasteiger partial charge on any atom is 0.251 e. The number of hydrogen-bond acceptors (Lipinski definition) is 4. The number of halogens is 1. The van der Waals surface area contributed by atoms with Gasteiger partial charge >= 0.3 is 0 Å². The highest BCUT2D eigenvalue weighted by molar-refractivity contribution is 8.16. The van der Waals surface area contributed by atoms with Crippen molar-refractivity contribution in [3.8, 4) is 0 Å². The van der Waals surface area contributed by atoms with Crippen LogP contribution in [0.15, 0.2) is 24.3 Å². The van der Waals surface area contributed by atoms with Gasteiger partial charge in [-0.2, -0.15) is 0 Å². The molecule has 22 heavy (non-hydrogen) atoms. The molecule has 1 saturated heterocycles. The summed E-state index contributed by atoms with van der Waals surface area (Å²) in [4.78, 5) is 12.0. The average Bonchev–Trinajstić information content (AvgIpc) is 2.55. The maximum absolute atomic E-state index is 12.0. The summed E-state index contributed by atoms with van der Waals surface area (Å²) < 4.78 is 0.536. The zero-order valence-corrected chi connectivity index (χ0v) is 15.4. The van der Waals surface area contributed by atoms with Crippen molar-refractivity contribution in [2.24, 2.45) is 0 Å². The third-order valence-electron chi connectivity index (χ3n) is 3.29. The number of nitrogens with one attached hydrogen (secondary N) is 2. The molecule has 0 radical (unpaired) electrons. The van der Waals surface area contributed by atoms with Gasteiger partial charge in [-0.3, -0.25) is 4.79 Å². The van der Waals surface area contributed by atoms with Crippen molar-refractivity contribution in [3.05, 3.63) is 35.4 Å². The number of amides is 1. The van der Waals surface area contributed by atoms with Crippen LogP contribution in [0.25, 0.3) is 0 Å². The van der Waals surface area contributed by atoms with Crippen molar-refractivity contribution in [1.82, 2.24) is 10.6 Å².